The van der Waals surface area contributed by atoms with Gasteiger partial charge in [0, 0.05) is 11.4 Å². The molecule has 0 bridgehead atoms. The van der Waals surface area contributed by atoms with Crippen LogP contribution in [0.15, 0.2) is 24.3 Å². The molecule has 1 N–H and O–H groups in total. The van der Waals surface area contributed by atoms with Gasteiger partial charge in [0.2, 0.25) is 0 Å². The number of unbranched alkanes of at least 4 members (excludes halogenated alkanes) is 1. The molecule has 0 saturated carbocycles. The van der Waals surface area contributed by atoms with Gasteiger partial charge in [-0.1, -0.05) is 29.8 Å². The maximum absolute atomic E-state index is 11.1. The molecule has 0 aliphatic rings. The summed E-state index contributed by atoms with van der Waals surface area (Å²) in [5.74, 6) is 1.08. The van der Waals surface area contributed by atoms with E-state index in [1.807, 2.05) is 0 Å². The molecule has 1 aromatic carbocycles. The van der Waals surface area contributed by atoms with Gasteiger partial charge in [-0.2, -0.15) is 0 Å². The Labute approximate surface area is 100 Å². The van der Waals surface area contributed by atoms with E-state index >= 15 is 0 Å². The maximum Gasteiger partial charge on any atom is 0.311 e. The van der Waals surface area contributed by atoms with Crippen LogP contribution in [0.1, 0.15) is 30.7 Å². The molecule has 0 heterocycles. The fraction of sp³-hybridized carbons (Fsp3) is 0.308. The lowest BCUT2D eigenvalue weighted by Crippen LogP contribution is -2.12. The molecule has 0 amide bonds. The van der Waals surface area contributed by atoms with E-state index < -0.39 is 11.9 Å². The Morgan fingerprint density at radius 3 is 2.75 bits per heavy atom. The van der Waals surface area contributed by atoms with Gasteiger partial charge in [0.1, 0.15) is 0 Å². The smallest absolute Gasteiger partial charge is 0.311 e. The lowest BCUT2D eigenvalue weighted by molar-refractivity contribution is -0.139. The molecule has 1 rings (SSSR count). The van der Waals surface area contributed by atoms with E-state index in [1.54, 1.807) is 24.3 Å². The van der Waals surface area contributed by atoms with Crippen molar-refractivity contribution in [2.45, 2.75) is 25.2 Å². The topological polar surface area (TPSA) is 37.3 Å². The van der Waals surface area contributed by atoms with E-state index in [0.717, 1.165) is 0 Å². The first-order valence-corrected chi connectivity index (χ1v) is 5.45. The highest BCUT2D eigenvalue weighted by Crippen LogP contribution is 2.28. The average Bonchev–Trinajstić information content (AvgIpc) is 2.25. The molecule has 84 valence electrons. The molecular weight excluding hydrogens is 224 g/mol. The van der Waals surface area contributed by atoms with Crippen LogP contribution in [0.3, 0.4) is 0 Å². The second kappa shape index (κ2) is 6.19. The fourth-order valence-electron chi connectivity index (χ4n) is 1.58. The van der Waals surface area contributed by atoms with Crippen LogP contribution in [0.5, 0.6) is 0 Å². The van der Waals surface area contributed by atoms with Crippen LogP contribution in [0.25, 0.3) is 0 Å². The number of hydrogen-bond donors (Lipinski definition) is 1. The number of halogens is 1. The summed E-state index contributed by atoms with van der Waals surface area (Å²) in [6.07, 6.45) is 6.94. The third kappa shape index (κ3) is 3.29. The van der Waals surface area contributed by atoms with Gasteiger partial charge in [0.05, 0.1) is 5.92 Å². The summed E-state index contributed by atoms with van der Waals surface area (Å²) < 4.78 is 0. The summed E-state index contributed by atoms with van der Waals surface area (Å²) in [6, 6.07) is 7.02. The largest absolute Gasteiger partial charge is 0.481 e. The molecular formula is C13H13ClO2. The van der Waals surface area contributed by atoms with Crippen molar-refractivity contribution in [3.63, 3.8) is 0 Å². The predicted octanol–water partition coefficient (Wildman–Crippen LogP) is 3.31. The van der Waals surface area contributed by atoms with Crippen molar-refractivity contribution >= 4 is 17.6 Å². The number of carbonyl (C=O) groups is 1. The van der Waals surface area contributed by atoms with Crippen LogP contribution in [-0.2, 0) is 4.79 Å². The van der Waals surface area contributed by atoms with E-state index in [2.05, 4.69) is 5.92 Å². The highest BCUT2D eigenvalue weighted by Gasteiger charge is 2.21. The monoisotopic (exact) mass is 236 g/mol. The molecule has 0 saturated heterocycles. The third-order valence-electron chi connectivity index (χ3n) is 2.39. The number of hydrogen-bond acceptors (Lipinski definition) is 1. The molecule has 1 unspecified atom stereocenters. The molecule has 0 fully saturated rings. The van der Waals surface area contributed by atoms with E-state index in [9.17, 15) is 4.79 Å². The van der Waals surface area contributed by atoms with E-state index in [4.69, 9.17) is 23.1 Å². The summed E-state index contributed by atoms with van der Waals surface area (Å²) in [6.45, 7) is 0. The Bertz CT molecular complexity index is 407. The van der Waals surface area contributed by atoms with Crippen molar-refractivity contribution in [2.24, 2.45) is 0 Å². The first-order chi connectivity index (χ1) is 7.66. The minimum Gasteiger partial charge on any atom is -0.481 e. The zero-order chi connectivity index (χ0) is 12.0. The molecule has 3 heteroatoms. The number of carboxylic acids is 1. The highest BCUT2D eigenvalue weighted by molar-refractivity contribution is 6.31. The molecule has 16 heavy (non-hydrogen) atoms. The number of rotatable bonds is 5. The molecule has 0 aliphatic heterocycles. The van der Waals surface area contributed by atoms with Crippen molar-refractivity contribution < 1.29 is 9.90 Å². The molecule has 0 aliphatic carbocycles. The minimum absolute atomic E-state index is 0.496. The Balaban J connectivity index is 2.83. The molecule has 0 aromatic heterocycles. The molecule has 1 aromatic rings. The Morgan fingerprint density at radius 2 is 2.19 bits per heavy atom. The first kappa shape index (κ1) is 12.6. The van der Waals surface area contributed by atoms with Gasteiger partial charge in [-0.15, -0.1) is 12.3 Å². The third-order valence-corrected chi connectivity index (χ3v) is 2.74. The minimum atomic E-state index is -0.856. The second-order valence-electron chi connectivity index (χ2n) is 3.51. The first-order valence-electron chi connectivity index (χ1n) is 5.07. The number of carboxylic acid groups (broad SMARTS) is 1. The standard InChI is InChI=1S/C13H13ClO2/c1-2-3-4-8-11(13(15)16)10-7-5-6-9-12(10)14/h1,5-7,9,11H,3-4,8H2,(H,15,16). The zero-order valence-electron chi connectivity index (χ0n) is 8.82. The van der Waals surface area contributed by atoms with Crippen molar-refractivity contribution in [2.75, 3.05) is 0 Å². The van der Waals surface area contributed by atoms with Crippen LogP contribution in [0.4, 0.5) is 0 Å². The second-order valence-corrected chi connectivity index (χ2v) is 3.92. The lowest BCUT2D eigenvalue weighted by Gasteiger charge is -2.13. The van der Waals surface area contributed by atoms with Gasteiger partial charge in [-0.3, -0.25) is 4.79 Å². The summed E-state index contributed by atoms with van der Waals surface area (Å²) in [5.41, 5.74) is 0.661. The van der Waals surface area contributed by atoms with Gasteiger partial charge in [0.15, 0.2) is 0 Å². The number of benzene rings is 1. The van der Waals surface area contributed by atoms with Crippen LogP contribution < -0.4 is 0 Å². The molecule has 0 radical (unpaired) electrons. The summed E-state index contributed by atoms with van der Waals surface area (Å²) in [7, 11) is 0. The number of aliphatic carboxylic acids is 1. The zero-order valence-corrected chi connectivity index (χ0v) is 9.57. The molecule has 0 spiro atoms. The number of terminal acetylenes is 1. The van der Waals surface area contributed by atoms with Gasteiger partial charge in [0.25, 0.3) is 0 Å². The Morgan fingerprint density at radius 1 is 1.50 bits per heavy atom. The van der Waals surface area contributed by atoms with Gasteiger partial charge < -0.3 is 5.11 Å². The van der Waals surface area contributed by atoms with Crippen LogP contribution >= 0.6 is 11.6 Å². The summed E-state index contributed by atoms with van der Waals surface area (Å²) >= 11 is 5.97. The van der Waals surface area contributed by atoms with Crippen molar-refractivity contribution in [1.82, 2.24) is 0 Å². The van der Waals surface area contributed by atoms with E-state index in [0.29, 0.717) is 29.8 Å². The maximum atomic E-state index is 11.1. The SMILES string of the molecule is C#CCCCC(C(=O)O)c1ccccc1Cl. The highest BCUT2D eigenvalue weighted by atomic mass is 35.5. The average molecular weight is 237 g/mol. The van der Waals surface area contributed by atoms with Crippen LogP contribution in [0.2, 0.25) is 5.02 Å². The predicted molar refractivity (Wildman–Crippen MR) is 64.5 cm³/mol. The van der Waals surface area contributed by atoms with Crippen molar-refractivity contribution in [3.8, 4) is 12.3 Å². The molecule has 2 nitrogen and oxygen atoms in total. The fourth-order valence-corrected chi connectivity index (χ4v) is 1.85. The Hall–Kier alpha value is -1.46. The van der Waals surface area contributed by atoms with Gasteiger partial charge >= 0.3 is 5.97 Å². The Kier molecular flexibility index (Phi) is 4.88. The normalized spacial score (nSPS) is 11.8. The van der Waals surface area contributed by atoms with Crippen molar-refractivity contribution in [1.29, 1.82) is 0 Å². The summed E-state index contributed by atoms with van der Waals surface area (Å²) in [4.78, 5) is 11.1. The van der Waals surface area contributed by atoms with Crippen molar-refractivity contribution in [3.05, 3.63) is 34.9 Å². The quantitative estimate of drug-likeness (QED) is 0.629. The lowest BCUT2D eigenvalue weighted by atomic mass is 9.93. The van der Waals surface area contributed by atoms with Crippen LogP contribution in [-0.4, -0.2) is 11.1 Å². The summed E-state index contributed by atoms with van der Waals surface area (Å²) in [5, 5.41) is 9.64. The van der Waals surface area contributed by atoms with Gasteiger partial charge in [-0.25, -0.2) is 0 Å². The van der Waals surface area contributed by atoms with Crippen LogP contribution in [0, 0.1) is 12.3 Å². The van der Waals surface area contributed by atoms with E-state index in [1.165, 1.54) is 0 Å². The molecule has 1 atom stereocenters. The van der Waals surface area contributed by atoms with E-state index in [-0.39, 0.29) is 0 Å². The van der Waals surface area contributed by atoms with Gasteiger partial charge in [-0.05, 0) is 24.5 Å².